The molecule has 160 valence electrons. The molecule has 0 saturated carbocycles. The van der Waals surface area contributed by atoms with E-state index in [1.54, 1.807) is 18.2 Å². The highest BCUT2D eigenvalue weighted by Crippen LogP contribution is 2.38. The normalized spacial score (nSPS) is 12.9. The summed E-state index contributed by atoms with van der Waals surface area (Å²) in [5, 5.41) is 7.54. The number of ether oxygens (including phenoxy) is 2. The second kappa shape index (κ2) is 9.75. The van der Waals surface area contributed by atoms with Crippen LogP contribution in [0.1, 0.15) is 64.3 Å². The van der Waals surface area contributed by atoms with E-state index in [9.17, 15) is 9.59 Å². The third-order valence-corrected chi connectivity index (χ3v) is 6.08. The van der Waals surface area contributed by atoms with Crippen LogP contribution < -0.4 is 20.2 Å². The Labute approximate surface area is 180 Å². The zero-order valence-electron chi connectivity index (χ0n) is 17.8. The molecule has 0 aliphatic heterocycles. The average Bonchev–Trinajstić information content (AvgIpc) is 2.91. The van der Waals surface area contributed by atoms with Crippen molar-refractivity contribution in [1.29, 1.82) is 0 Å². The fraction of sp³-hybridized carbons (Fsp3) is 0.409. The van der Waals surface area contributed by atoms with Crippen LogP contribution in [0.5, 0.6) is 11.5 Å². The van der Waals surface area contributed by atoms with Crippen molar-refractivity contribution in [2.24, 2.45) is 5.10 Å². The summed E-state index contributed by atoms with van der Waals surface area (Å²) < 4.78 is 10.5. The van der Waals surface area contributed by atoms with Gasteiger partial charge in [-0.05, 0) is 57.2 Å². The van der Waals surface area contributed by atoms with Crippen LogP contribution in [0.15, 0.2) is 23.3 Å². The first-order chi connectivity index (χ1) is 14.4. The first kappa shape index (κ1) is 21.8. The summed E-state index contributed by atoms with van der Waals surface area (Å²) in [6.07, 6.45) is 4.99. The number of thiophene rings is 1. The van der Waals surface area contributed by atoms with Crippen LogP contribution in [-0.4, -0.2) is 31.7 Å². The van der Waals surface area contributed by atoms with Crippen molar-refractivity contribution >= 4 is 33.9 Å². The van der Waals surface area contributed by atoms with Crippen LogP contribution in [0, 0.1) is 0 Å². The summed E-state index contributed by atoms with van der Waals surface area (Å²) in [5.74, 6) is 0.418. The van der Waals surface area contributed by atoms with E-state index in [0.717, 1.165) is 48.3 Å². The maximum absolute atomic E-state index is 13.0. The second-order valence-electron chi connectivity index (χ2n) is 7.32. The molecule has 1 aliphatic carbocycles. The topological polar surface area (TPSA) is 89.0 Å². The van der Waals surface area contributed by atoms with Crippen molar-refractivity contribution in [3.8, 4) is 11.5 Å². The Morgan fingerprint density at radius 1 is 0.967 bits per heavy atom. The number of carbonyl (C=O) groups excluding carboxylic acids is 2. The molecular weight excluding hydrogens is 402 g/mol. The van der Waals surface area contributed by atoms with E-state index in [1.165, 1.54) is 25.6 Å². The summed E-state index contributed by atoms with van der Waals surface area (Å²) >= 11 is 1.48. The fourth-order valence-corrected chi connectivity index (χ4v) is 4.69. The zero-order valence-corrected chi connectivity index (χ0v) is 18.6. The number of hydrogen-bond acceptors (Lipinski definition) is 6. The fourth-order valence-electron chi connectivity index (χ4n) is 3.40. The van der Waals surface area contributed by atoms with E-state index in [-0.39, 0.29) is 11.8 Å². The molecule has 0 saturated heterocycles. The second-order valence-corrected chi connectivity index (χ2v) is 8.43. The van der Waals surface area contributed by atoms with Gasteiger partial charge < -0.3 is 14.8 Å². The summed E-state index contributed by atoms with van der Waals surface area (Å²) in [6, 6.07) is 4.98. The van der Waals surface area contributed by atoms with Crippen molar-refractivity contribution in [1.82, 2.24) is 5.43 Å². The van der Waals surface area contributed by atoms with Gasteiger partial charge in [-0.25, -0.2) is 5.43 Å². The predicted octanol–water partition coefficient (Wildman–Crippen LogP) is 4.41. The third kappa shape index (κ3) is 4.99. The van der Waals surface area contributed by atoms with E-state index in [0.29, 0.717) is 27.6 Å². The number of nitrogens with one attached hydrogen (secondary N) is 2. The molecule has 0 bridgehead atoms. The van der Waals surface area contributed by atoms with Gasteiger partial charge in [0.25, 0.3) is 11.8 Å². The highest BCUT2D eigenvalue weighted by molar-refractivity contribution is 7.17. The molecule has 2 amide bonds. The van der Waals surface area contributed by atoms with Crippen LogP contribution in [0.3, 0.4) is 0 Å². The predicted molar refractivity (Wildman–Crippen MR) is 119 cm³/mol. The summed E-state index contributed by atoms with van der Waals surface area (Å²) in [5.41, 5.74) is 5.29. The van der Waals surface area contributed by atoms with E-state index < -0.39 is 0 Å². The molecule has 2 aromatic rings. The number of aryl methyl sites for hydroxylation is 1. The minimum Gasteiger partial charge on any atom is -0.497 e. The Bertz CT molecular complexity index is 955. The molecule has 0 fully saturated rings. The van der Waals surface area contributed by atoms with Crippen molar-refractivity contribution in [2.45, 2.75) is 46.0 Å². The number of amides is 2. The Morgan fingerprint density at radius 3 is 2.27 bits per heavy atom. The smallest absolute Gasteiger partial charge is 0.274 e. The Morgan fingerprint density at radius 2 is 1.63 bits per heavy atom. The zero-order chi connectivity index (χ0) is 21.7. The Kier molecular flexibility index (Phi) is 7.10. The van der Waals surface area contributed by atoms with Crippen molar-refractivity contribution < 1.29 is 19.1 Å². The molecule has 2 N–H and O–H groups in total. The maximum Gasteiger partial charge on any atom is 0.274 e. The quantitative estimate of drug-likeness (QED) is 0.404. The van der Waals surface area contributed by atoms with Crippen molar-refractivity contribution in [2.75, 3.05) is 19.5 Å². The van der Waals surface area contributed by atoms with Gasteiger partial charge in [-0.1, -0.05) is 6.42 Å². The molecule has 0 spiro atoms. The van der Waals surface area contributed by atoms with E-state index in [1.807, 2.05) is 13.8 Å². The van der Waals surface area contributed by atoms with Gasteiger partial charge in [0.2, 0.25) is 0 Å². The summed E-state index contributed by atoms with van der Waals surface area (Å²) in [4.78, 5) is 27.1. The minimum atomic E-state index is -0.326. The third-order valence-electron chi connectivity index (χ3n) is 4.87. The Balaban J connectivity index is 1.96. The first-order valence-electron chi connectivity index (χ1n) is 9.93. The van der Waals surface area contributed by atoms with Crippen LogP contribution in [0.2, 0.25) is 0 Å². The van der Waals surface area contributed by atoms with Gasteiger partial charge in [-0.2, -0.15) is 5.10 Å². The van der Waals surface area contributed by atoms with Gasteiger partial charge in [0.05, 0.1) is 19.8 Å². The molecule has 1 aromatic carbocycles. The van der Waals surface area contributed by atoms with Gasteiger partial charge in [-0.15, -0.1) is 11.3 Å². The maximum atomic E-state index is 13.0. The van der Waals surface area contributed by atoms with Gasteiger partial charge in [0.1, 0.15) is 16.5 Å². The highest BCUT2D eigenvalue weighted by atomic mass is 32.1. The lowest BCUT2D eigenvalue weighted by molar-refractivity contribution is 0.0955. The average molecular weight is 430 g/mol. The number of fused-ring (bicyclic) bond motifs is 1. The largest absolute Gasteiger partial charge is 0.497 e. The van der Waals surface area contributed by atoms with Gasteiger partial charge in [-0.3, -0.25) is 9.59 Å². The van der Waals surface area contributed by atoms with Crippen molar-refractivity contribution in [3.63, 3.8) is 0 Å². The number of benzene rings is 1. The summed E-state index contributed by atoms with van der Waals surface area (Å²) in [7, 11) is 3.07. The standard InChI is InChI=1S/C22H27N3O4S/c1-13(2)24-25-21(27)19-17-8-6-5-7-9-18(17)30-22(19)23-20(26)14-10-15(28-3)12-16(11-14)29-4/h10-12H,5-9H2,1-4H3,(H,23,26)(H,25,27). The monoisotopic (exact) mass is 429 g/mol. The van der Waals surface area contributed by atoms with Gasteiger partial charge in [0, 0.05) is 22.2 Å². The molecule has 1 aliphatic rings. The number of rotatable bonds is 6. The minimum absolute atomic E-state index is 0.297. The van der Waals surface area contributed by atoms with Crippen molar-refractivity contribution in [3.05, 3.63) is 39.8 Å². The molecule has 30 heavy (non-hydrogen) atoms. The molecular formula is C22H27N3O4S. The van der Waals surface area contributed by atoms with Crippen LogP contribution in [0.4, 0.5) is 5.00 Å². The van der Waals surface area contributed by atoms with Gasteiger partial charge in [0.15, 0.2) is 0 Å². The number of carbonyl (C=O) groups is 2. The molecule has 1 heterocycles. The SMILES string of the molecule is COc1cc(OC)cc(C(=O)Nc2sc3c(c2C(=O)NN=C(C)C)CCCCC3)c1. The van der Waals surface area contributed by atoms with Crippen LogP contribution in [0.25, 0.3) is 0 Å². The lowest BCUT2D eigenvalue weighted by atomic mass is 10.0. The lowest BCUT2D eigenvalue weighted by Crippen LogP contribution is -2.22. The highest BCUT2D eigenvalue weighted by Gasteiger charge is 2.26. The lowest BCUT2D eigenvalue weighted by Gasteiger charge is -2.10. The number of hydrogen-bond donors (Lipinski definition) is 2. The van der Waals surface area contributed by atoms with E-state index >= 15 is 0 Å². The molecule has 3 rings (SSSR count). The first-order valence-corrected chi connectivity index (χ1v) is 10.7. The summed E-state index contributed by atoms with van der Waals surface area (Å²) in [6.45, 7) is 3.63. The molecule has 8 heteroatoms. The van der Waals surface area contributed by atoms with Crippen LogP contribution >= 0.6 is 11.3 Å². The van der Waals surface area contributed by atoms with E-state index in [4.69, 9.17) is 9.47 Å². The number of methoxy groups -OCH3 is 2. The molecule has 7 nitrogen and oxygen atoms in total. The molecule has 0 radical (unpaired) electrons. The molecule has 0 unspecified atom stereocenters. The molecule has 1 aromatic heterocycles. The number of hydrazone groups is 1. The van der Waals surface area contributed by atoms with Gasteiger partial charge >= 0.3 is 0 Å². The van der Waals surface area contributed by atoms with E-state index in [2.05, 4.69) is 15.8 Å². The Hall–Kier alpha value is -2.87. The number of nitrogens with zero attached hydrogens (tertiary/aromatic N) is 1. The molecule has 0 atom stereocenters. The number of anilines is 1. The van der Waals surface area contributed by atoms with Crippen LogP contribution in [-0.2, 0) is 12.8 Å².